The van der Waals surface area contributed by atoms with Gasteiger partial charge in [0.25, 0.3) is 0 Å². The minimum absolute atomic E-state index is 0.0769. The minimum atomic E-state index is -3.61. The smallest absolute Gasteiger partial charge is 0.241 e. The van der Waals surface area contributed by atoms with Gasteiger partial charge >= 0.3 is 0 Å². The fourth-order valence-electron chi connectivity index (χ4n) is 2.28. The van der Waals surface area contributed by atoms with E-state index in [0.717, 1.165) is 11.1 Å². The number of sulfonamides is 1. The molecule has 6 heteroatoms. The summed E-state index contributed by atoms with van der Waals surface area (Å²) in [6, 6.07) is 14.8. The van der Waals surface area contributed by atoms with E-state index in [4.69, 9.17) is 0 Å². The van der Waals surface area contributed by atoms with Crippen LogP contribution in [-0.4, -0.2) is 26.7 Å². The lowest BCUT2D eigenvalue weighted by Crippen LogP contribution is -2.32. The predicted molar refractivity (Wildman–Crippen MR) is 94.8 cm³/mol. The maximum absolute atomic E-state index is 12.4. The van der Waals surface area contributed by atoms with Crippen LogP contribution in [0.15, 0.2) is 57.9 Å². The molecule has 4 nitrogen and oxygen atoms in total. The molecule has 2 aromatic rings. The molecule has 0 spiro atoms. The van der Waals surface area contributed by atoms with Gasteiger partial charge in [-0.3, -0.25) is 0 Å². The van der Waals surface area contributed by atoms with E-state index in [2.05, 4.69) is 20.7 Å². The predicted octanol–water partition coefficient (Wildman–Crippen LogP) is 2.89. The van der Waals surface area contributed by atoms with Crippen molar-refractivity contribution in [3.05, 3.63) is 64.1 Å². The van der Waals surface area contributed by atoms with Crippen molar-refractivity contribution in [2.75, 3.05) is 13.2 Å². The van der Waals surface area contributed by atoms with Gasteiger partial charge < -0.3 is 5.11 Å². The number of benzene rings is 2. The second kappa shape index (κ2) is 8.06. The number of hydrogen-bond donors (Lipinski definition) is 2. The van der Waals surface area contributed by atoms with Crippen LogP contribution >= 0.6 is 15.9 Å². The Kier molecular flexibility index (Phi) is 6.35. The summed E-state index contributed by atoms with van der Waals surface area (Å²) in [5.74, 6) is -0.170. The first kappa shape index (κ1) is 18.1. The number of halogens is 1. The molecule has 23 heavy (non-hydrogen) atoms. The molecular weight excluding hydrogens is 378 g/mol. The summed E-state index contributed by atoms with van der Waals surface area (Å²) in [6.45, 7) is 2.01. The largest absolute Gasteiger partial charge is 0.396 e. The topological polar surface area (TPSA) is 66.4 Å². The Labute approximate surface area is 145 Å². The summed E-state index contributed by atoms with van der Waals surface area (Å²) in [4.78, 5) is 0.208. The van der Waals surface area contributed by atoms with Gasteiger partial charge in [-0.15, -0.1) is 0 Å². The van der Waals surface area contributed by atoms with E-state index in [1.807, 2.05) is 37.3 Å². The van der Waals surface area contributed by atoms with E-state index < -0.39 is 10.0 Å². The zero-order valence-electron chi connectivity index (χ0n) is 12.9. The first-order valence-corrected chi connectivity index (χ1v) is 9.60. The molecule has 0 fully saturated rings. The van der Waals surface area contributed by atoms with E-state index in [9.17, 15) is 13.5 Å². The molecule has 1 atom stereocenters. The van der Waals surface area contributed by atoms with Gasteiger partial charge in [0.15, 0.2) is 0 Å². The molecule has 0 bridgehead atoms. The van der Waals surface area contributed by atoms with Crippen LogP contribution in [0, 0.1) is 12.8 Å². The molecule has 0 aliphatic rings. The lowest BCUT2D eigenvalue weighted by atomic mass is 10.0. The number of aliphatic hydroxyl groups excluding tert-OH is 1. The summed E-state index contributed by atoms with van der Waals surface area (Å²) in [5.41, 5.74) is 2.05. The normalized spacial score (nSPS) is 13.0. The number of nitrogens with one attached hydrogen (secondary N) is 1. The van der Waals surface area contributed by atoms with Crippen LogP contribution in [-0.2, 0) is 16.4 Å². The van der Waals surface area contributed by atoms with E-state index >= 15 is 0 Å². The first-order valence-electron chi connectivity index (χ1n) is 7.33. The highest BCUT2D eigenvalue weighted by atomic mass is 79.9. The average Bonchev–Trinajstić information content (AvgIpc) is 2.52. The highest BCUT2D eigenvalue weighted by Gasteiger charge is 2.19. The van der Waals surface area contributed by atoms with E-state index in [1.54, 1.807) is 18.2 Å². The third-order valence-corrected chi connectivity index (χ3v) is 5.96. The zero-order valence-corrected chi connectivity index (χ0v) is 15.3. The number of aliphatic hydroxyl groups is 1. The molecule has 0 radical (unpaired) electrons. The van der Waals surface area contributed by atoms with Crippen molar-refractivity contribution in [3.63, 3.8) is 0 Å². The van der Waals surface area contributed by atoms with Crippen molar-refractivity contribution in [3.8, 4) is 0 Å². The van der Waals surface area contributed by atoms with Crippen LogP contribution in [0.2, 0.25) is 0 Å². The number of aryl methyl sites for hydroxylation is 1. The molecule has 0 aromatic heterocycles. The van der Waals surface area contributed by atoms with E-state index in [0.29, 0.717) is 10.9 Å². The summed E-state index contributed by atoms with van der Waals surface area (Å²) in [7, 11) is -3.61. The Balaban J connectivity index is 2.05. The summed E-state index contributed by atoms with van der Waals surface area (Å²) in [5, 5.41) is 9.50. The van der Waals surface area contributed by atoms with Crippen molar-refractivity contribution in [1.29, 1.82) is 0 Å². The van der Waals surface area contributed by atoms with Crippen LogP contribution in [0.3, 0.4) is 0 Å². The standard InChI is InChI=1S/C17H20BrNO3S/c1-13-7-8-17(16(18)9-13)23(21,22)19-11-15(12-20)10-14-5-3-2-4-6-14/h2-9,15,19-20H,10-12H2,1H3. The molecule has 2 N–H and O–H groups in total. The van der Waals surface area contributed by atoms with E-state index in [-0.39, 0.29) is 24.0 Å². The van der Waals surface area contributed by atoms with E-state index in [1.165, 1.54) is 0 Å². The molecule has 2 rings (SSSR count). The number of hydrogen-bond acceptors (Lipinski definition) is 3. The third-order valence-electron chi connectivity index (χ3n) is 3.56. The Morgan fingerprint density at radius 3 is 2.48 bits per heavy atom. The van der Waals surface area contributed by atoms with Gasteiger partial charge in [-0.1, -0.05) is 36.4 Å². The fraction of sp³-hybridized carbons (Fsp3) is 0.294. The lowest BCUT2D eigenvalue weighted by molar-refractivity contribution is 0.227. The highest BCUT2D eigenvalue weighted by Crippen LogP contribution is 2.23. The summed E-state index contributed by atoms with van der Waals surface area (Å²) >= 11 is 3.29. The molecule has 0 saturated carbocycles. The average molecular weight is 398 g/mol. The van der Waals surface area contributed by atoms with Crippen LogP contribution in [0.1, 0.15) is 11.1 Å². The van der Waals surface area contributed by atoms with Crippen molar-refractivity contribution in [2.24, 2.45) is 5.92 Å². The molecule has 0 amide bonds. The second-order valence-corrected chi connectivity index (χ2v) is 8.11. The Bertz CT molecular complexity index is 748. The van der Waals surface area contributed by atoms with Crippen molar-refractivity contribution in [2.45, 2.75) is 18.2 Å². The zero-order chi connectivity index (χ0) is 16.9. The SMILES string of the molecule is Cc1ccc(S(=O)(=O)NCC(CO)Cc2ccccc2)c(Br)c1. The lowest BCUT2D eigenvalue weighted by Gasteiger charge is -2.16. The van der Waals surface area contributed by atoms with Crippen molar-refractivity contribution >= 4 is 26.0 Å². The first-order chi connectivity index (χ1) is 10.9. The van der Waals surface area contributed by atoms with Gasteiger partial charge in [0, 0.05) is 17.6 Å². The monoisotopic (exact) mass is 397 g/mol. The Morgan fingerprint density at radius 2 is 1.87 bits per heavy atom. The quantitative estimate of drug-likeness (QED) is 0.754. The molecule has 0 aliphatic heterocycles. The van der Waals surface area contributed by atoms with Gasteiger partial charge in [0.05, 0.1) is 4.90 Å². The molecule has 2 aromatic carbocycles. The Hall–Kier alpha value is -1.21. The van der Waals surface area contributed by atoms with Gasteiger partial charge in [-0.05, 0) is 58.5 Å². The fourth-order valence-corrected chi connectivity index (χ4v) is 4.58. The maximum Gasteiger partial charge on any atom is 0.241 e. The van der Waals surface area contributed by atoms with Crippen molar-refractivity contribution < 1.29 is 13.5 Å². The van der Waals surface area contributed by atoms with Crippen LogP contribution in [0.4, 0.5) is 0 Å². The summed E-state index contributed by atoms with van der Waals surface area (Å²) < 4.78 is 28.0. The molecule has 0 heterocycles. The second-order valence-electron chi connectivity index (χ2n) is 5.52. The third kappa shape index (κ3) is 5.14. The highest BCUT2D eigenvalue weighted by molar-refractivity contribution is 9.10. The molecule has 124 valence electrons. The van der Waals surface area contributed by atoms with Gasteiger partial charge in [-0.2, -0.15) is 0 Å². The molecule has 1 unspecified atom stereocenters. The van der Waals surface area contributed by atoms with Gasteiger partial charge in [0.1, 0.15) is 0 Å². The van der Waals surface area contributed by atoms with Gasteiger partial charge in [0.2, 0.25) is 10.0 Å². The minimum Gasteiger partial charge on any atom is -0.396 e. The van der Waals surface area contributed by atoms with Crippen molar-refractivity contribution in [1.82, 2.24) is 4.72 Å². The summed E-state index contributed by atoms with van der Waals surface area (Å²) in [6.07, 6.45) is 0.620. The molecule has 0 aliphatic carbocycles. The molecule has 0 saturated heterocycles. The molecular formula is C17H20BrNO3S. The maximum atomic E-state index is 12.4. The van der Waals surface area contributed by atoms with Crippen LogP contribution < -0.4 is 4.72 Å². The Morgan fingerprint density at radius 1 is 1.17 bits per heavy atom. The number of rotatable bonds is 7. The van der Waals surface area contributed by atoms with Crippen LogP contribution in [0.5, 0.6) is 0 Å². The van der Waals surface area contributed by atoms with Gasteiger partial charge in [-0.25, -0.2) is 13.1 Å². The van der Waals surface area contributed by atoms with Crippen LogP contribution in [0.25, 0.3) is 0 Å².